The van der Waals surface area contributed by atoms with Crippen LogP contribution in [0.25, 0.3) is 0 Å². The Morgan fingerprint density at radius 3 is 2.24 bits per heavy atom. The molecular weight excluding hydrogens is 318 g/mol. The standard InChI is InChI=1S/C23H42BP/c1-18-12-13-20-16-23(18)25(17-19(20)2)15-5-3-4-14-24-21-8-6-9-22(24)11-7-10-21/h18-23H,3-17H2,1-2H3/t18-,19?,20+,21?,22?,23+,25?/m0/s1. The molecule has 2 unspecified atom stereocenters. The molecule has 0 amide bonds. The molecule has 3 aliphatic heterocycles. The predicted molar refractivity (Wildman–Crippen MR) is 116 cm³/mol. The Morgan fingerprint density at radius 1 is 0.800 bits per heavy atom. The van der Waals surface area contributed by atoms with Crippen LogP contribution in [0.15, 0.2) is 0 Å². The van der Waals surface area contributed by atoms with Crippen LogP contribution in [0, 0.1) is 17.8 Å². The Bertz CT molecular complexity index is 402. The van der Waals surface area contributed by atoms with Crippen molar-refractivity contribution in [2.45, 2.75) is 115 Å². The van der Waals surface area contributed by atoms with Crippen molar-refractivity contribution in [3.8, 4) is 0 Å². The smallest absolute Gasteiger partial charge is 0.103 e. The summed E-state index contributed by atoms with van der Waals surface area (Å²) in [5.41, 5.74) is 1.16. The van der Waals surface area contributed by atoms with Crippen LogP contribution in [0.1, 0.15) is 90.9 Å². The lowest BCUT2D eigenvalue weighted by Gasteiger charge is -2.47. The summed E-state index contributed by atoms with van der Waals surface area (Å²) >= 11 is 0. The van der Waals surface area contributed by atoms with Gasteiger partial charge in [-0.3, -0.25) is 0 Å². The highest BCUT2D eigenvalue weighted by atomic mass is 31.1. The Balaban J connectivity index is 1.18. The number of rotatable bonds is 6. The molecule has 5 atom stereocenters. The van der Waals surface area contributed by atoms with Crippen LogP contribution in [-0.2, 0) is 0 Å². The van der Waals surface area contributed by atoms with Crippen LogP contribution < -0.4 is 0 Å². The minimum Gasteiger partial charge on any atom is -0.103 e. The third-order valence-corrected chi connectivity index (χ3v) is 12.6. The van der Waals surface area contributed by atoms with E-state index in [1.807, 2.05) is 0 Å². The van der Waals surface area contributed by atoms with Crippen molar-refractivity contribution in [2.75, 3.05) is 12.3 Å². The highest BCUT2D eigenvalue weighted by Gasteiger charge is 2.40. The van der Waals surface area contributed by atoms with Gasteiger partial charge in [-0.1, -0.05) is 83.2 Å². The van der Waals surface area contributed by atoms with Crippen molar-refractivity contribution >= 4 is 14.6 Å². The number of hydrogen-bond donors (Lipinski definition) is 0. The summed E-state index contributed by atoms with van der Waals surface area (Å²) in [4.78, 5) is 0. The molecule has 4 bridgehead atoms. The molecule has 0 aromatic heterocycles. The Morgan fingerprint density at radius 2 is 1.52 bits per heavy atom. The molecule has 142 valence electrons. The van der Waals surface area contributed by atoms with Gasteiger partial charge in [-0.25, -0.2) is 0 Å². The lowest BCUT2D eigenvalue weighted by Crippen LogP contribution is -2.37. The molecule has 0 nitrogen and oxygen atoms in total. The molecule has 4 rings (SSSR count). The van der Waals surface area contributed by atoms with E-state index in [1.54, 1.807) is 95.7 Å². The van der Waals surface area contributed by atoms with E-state index in [1.165, 1.54) is 0 Å². The third kappa shape index (κ3) is 4.33. The normalized spacial score (nSPS) is 43.9. The van der Waals surface area contributed by atoms with Crippen molar-refractivity contribution in [3.63, 3.8) is 0 Å². The molecule has 4 fully saturated rings. The first-order chi connectivity index (χ1) is 12.2. The number of unbranched alkanes of at least 4 members (excludes halogenated alkanes) is 2. The van der Waals surface area contributed by atoms with Gasteiger partial charge in [0.15, 0.2) is 0 Å². The SMILES string of the molecule is CC1CP(CCCCCB2C3CCCC2CCC3)[C@@H]2C[C@H]1CC[C@@H]2C. The average Bonchev–Trinajstić information content (AvgIpc) is 2.60. The molecule has 0 spiro atoms. The molecule has 0 radical (unpaired) electrons. The van der Waals surface area contributed by atoms with E-state index in [4.69, 9.17) is 0 Å². The maximum Gasteiger partial charge on any atom is 0.146 e. The Hall–Kier alpha value is 0.495. The molecule has 0 aromatic carbocycles. The second kappa shape index (κ2) is 8.67. The Labute approximate surface area is 159 Å². The van der Waals surface area contributed by atoms with Crippen LogP contribution in [-0.4, -0.2) is 24.7 Å². The lowest BCUT2D eigenvalue weighted by atomic mass is 9.26. The first-order valence-corrected chi connectivity index (χ1v) is 13.7. The summed E-state index contributed by atoms with van der Waals surface area (Å²) in [5.74, 6) is 5.48. The zero-order chi connectivity index (χ0) is 17.2. The monoisotopic (exact) mass is 360 g/mol. The molecule has 25 heavy (non-hydrogen) atoms. The van der Waals surface area contributed by atoms with E-state index in [2.05, 4.69) is 13.8 Å². The summed E-state index contributed by atoms with van der Waals surface area (Å²) in [6, 6.07) is 0. The maximum atomic E-state index is 2.58. The number of hydrogen-bond acceptors (Lipinski definition) is 0. The van der Waals surface area contributed by atoms with Crippen molar-refractivity contribution < 1.29 is 0 Å². The highest BCUT2D eigenvalue weighted by Crippen LogP contribution is 2.58. The van der Waals surface area contributed by atoms with Crippen LogP contribution in [0.3, 0.4) is 0 Å². The highest BCUT2D eigenvalue weighted by molar-refractivity contribution is 7.58. The summed E-state index contributed by atoms with van der Waals surface area (Å²) < 4.78 is 0. The average molecular weight is 360 g/mol. The molecule has 0 N–H and O–H groups in total. The summed E-state index contributed by atoms with van der Waals surface area (Å²) in [5, 5.41) is 0. The predicted octanol–water partition coefficient (Wildman–Crippen LogP) is 7.70. The number of fused-ring (bicyclic) bond motifs is 4. The fraction of sp³-hybridized carbons (Fsp3) is 1.00. The quantitative estimate of drug-likeness (QED) is 0.259. The molecule has 3 saturated heterocycles. The van der Waals surface area contributed by atoms with E-state index < -0.39 is 0 Å². The second-order valence-corrected chi connectivity index (χ2v) is 13.1. The minimum atomic E-state index is 0.370. The molecule has 1 saturated carbocycles. The van der Waals surface area contributed by atoms with Crippen LogP contribution in [0.4, 0.5) is 0 Å². The van der Waals surface area contributed by atoms with Crippen molar-refractivity contribution in [1.29, 1.82) is 0 Å². The fourth-order valence-electron chi connectivity index (χ4n) is 7.42. The summed E-state index contributed by atoms with van der Waals surface area (Å²) in [6.45, 7) is 6.30. The van der Waals surface area contributed by atoms with E-state index in [9.17, 15) is 0 Å². The first-order valence-electron chi connectivity index (χ1n) is 12.0. The third-order valence-electron chi connectivity index (χ3n) is 8.98. The molecule has 3 heterocycles. The zero-order valence-corrected chi connectivity index (χ0v) is 18.0. The van der Waals surface area contributed by atoms with Gasteiger partial charge in [-0.15, -0.1) is 7.92 Å². The van der Waals surface area contributed by atoms with Crippen molar-refractivity contribution in [1.82, 2.24) is 0 Å². The maximum absolute atomic E-state index is 2.58. The first kappa shape index (κ1) is 18.8. The van der Waals surface area contributed by atoms with Crippen LogP contribution >= 0.6 is 7.92 Å². The largest absolute Gasteiger partial charge is 0.146 e. The van der Waals surface area contributed by atoms with Gasteiger partial charge < -0.3 is 0 Å². The second-order valence-electron chi connectivity index (χ2n) is 10.5. The van der Waals surface area contributed by atoms with Gasteiger partial charge in [0.2, 0.25) is 0 Å². The van der Waals surface area contributed by atoms with Gasteiger partial charge in [-0.05, 0) is 61.4 Å². The zero-order valence-electron chi connectivity index (χ0n) is 17.1. The van der Waals surface area contributed by atoms with Gasteiger partial charge in [0.1, 0.15) is 6.71 Å². The van der Waals surface area contributed by atoms with Crippen molar-refractivity contribution in [2.24, 2.45) is 17.8 Å². The molecule has 1 aliphatic carbocycles. The molecular formula is C23H42BP. The van der Waals surface area contributed by atoms with Gasteiger partial charge in [0.25, 0.3) is 0 Å². The van der Waals surface area contributed by atoms with E-state index in [0.717, 1.165) is 41.8 Å². The van der Waals surface area contributed by atoms with E-state index in [-0.39, 0.29) is 0 Å². The lowest BCUT2D eigenvalue weighted by molar-refractivity contribution is 0.226. The van der Waals surface area contributed by atoms with Gasteiger partial charge in [0.05, 0.1) is 0 Å². The van der Waals surface area contributed by atoms with E-state index in [0.29, 0.717) is 7.92 Å². The van der Waals surface area contributed by atoms with Gasteiger partial charge >= 0.3 is 0 Å². The van der Waals surface area contributed by atoms with Crippen LogP contribution in [0.2, 0.25) is 18.0 Å². The molecule has 4 aliphatic rings. The Kier molecular flexibility index (Phi) is 6.53. The van der Waals surface area contributed by atoms with Gasteiger partial charge in [-0.2, -0.15) is 0 Å². The van der Waals surface area contributed by atoms with Crippen molar-refractivity contribution in [3.05, 3.63) is 0 Å². The minimum absolute atomic E-state index is 0.370. The molecule has 0 aromatic rings. The molecule has 2 heteroatoms. The summed E-state index contributed by atoms with van der Waals surface area (Å²) in [6.07, 6.45) is 23.6. The topological polar surface area (TPSA) is 0 Å². The van der Waals surface area contributed by atoms with Gasteiger partial charge in [0, 0.05) is 0 Å². The van der Waals surface area contributed by atoms with E-state index >= 15 is 0 Å². The fourth-order valence-corrected chi connectivity index (χ4v) is 11.3. The summed E-state index contributed by atoms with van der Waals surface area (Å²) in [7, 11) is 0.370. The van der Waals surface area contributed by atoms with Crippen LogP contribution in [0.5, 0.6) is 0 Å².